The molecule has 2 aromatic heterocycles. The maximum Gasteiger partial charge on any atom is 0.433 e. The zero-order valence-corrected chi connectivity index (χ0v) is 19.3. The highest BCUT2D eigenvalue weighted by Gasteiger charge is 2.32. The fourth-order valence-electron chi connectivity index (χ4n) is 3.51. The van der Waals surface area contributed by atoms with Crippen LogP contribution in [0.25, 0.3) is 11.3 Å². The Balaban J connectivity index is 1.55. The number of aromatic nitrogens is 2. The summed E-state index contributed by atoms with van der Waals surface area (Å²) in [4.78, 5) is 8.99. The van der Waals surface area contributed by atoms with Crippen molar-refractivity contribution >= 4 is 26.5 Å². The molecular weight excluding hydrogens is 449 g/mol. The van der Waals surface area contributed by atoms with Gasteiger partial charge in [0, 0.05) is 29.2 Å². The molecule has 2 N–H and O–H groups in total. The van der Waals surface area contributed by atoms with Crippen LogP contribution in [0.2, 0.25) is 0 Å². The van der Waals surface area contributed by atoms with Crippen LogP contribution in [0.1, 0.15) is 50.1 Å². The SMILES string of the molecule is Cc1sc(NC2CCC(CNS(=O)(=O)C(C)C)CC2)nc1-c1ccc(C(F)(F)F)nc1. The molecule has 0 aromatic carbocycles. The molecule has 0 radical (unpaired) electrons. The average molecular weight is 477 g/mol. The van der Waals surface area contributed by atoms with E-state index in [9.17, 15) is 21.6 Å². The Bertz CT molecular complexity index is 981. The van der Waals surface area contributed by atoms with Gasteiger partial charge in [-0.3, -0.25) is 4.98 Å². The molecule has 172 valence electrons. The Kier molecular flexibility index (Phi) is 7.27. The minimum Gasteiger partial charge on any atom is -0.359 e. The van der Waals surface area contributed by atoms with Crippen LogP contribution >= 0.6 is 11.3 Å². The summed E-state index contributed by atoms with van der Waals surface area (Å²) in [5, 5.41) is 3.72. The Morgan fingerprint density at radius 3 is 2.42 bits per heavy atom. The van der Waals surface area contributed by atoms with Gasteiger partial charge >= 0.3 is 6.18 Å². The summed E-state index contributed by atoms with van der Waals surface area (Å²) in [5.41, 5.74) is 0.261. The predicted octanol–water partition coefficient (Wildman–Crippen LogP) is 4.83. The number of pyridine rings is 1. The first-order chi connectivity index (χ1) is 14.5. The minimum absolute atomic E-state index is 0.238. The summed E-state index contributed by atoms with van der Waals surface area (Å²) in [6.07, 6.45) is 0.387. The molecule has 6 nitrogen and oxygen atoms in total. The number of aryl methyl sites for hydroxylation is 1. The smallest absolute Gasteiger partial charge is 0.359 e. The molecule has 1 aliphatic rings. The van der Waals surface area contributed by atoms with Crippen molar-refractivity contribution in [2.45, 2.75) is 63.9 Å². The van der Waals surface area contributed by atoms with Crippen molar-refractivity contribution in [3.63, 3.8) is 0 Å². The fraction of sp³-hybridized carbons (Fsp3) is 0.600. The second-order valence-corrected chi connectivity index (χ2v) is 11.7. The van der Waals surface area contributed by atoms with Crippen LogP contribution in [0.5, 0.6) is 0 Å². The number of alkyl halides is 3. The topological polar surface area (TPSA) is 84.0 Å². The van der Waals surface area contributed by atoms with Gasteiger partial charge in [0.05, 0.1) is 10.9 Å². The van der Waals surface area contributed by atoms with Crippen LogP contribution < -0.4 is 10.0 Å². The molecule has 1 aliphatic carbocycles. The molecule has 0 bridgehead atoms. The zero-order valence-electron chi connectivity index (χ0n) is 17.7. The van der Waals surface area contributed by atoms with Gasteiger partial charge in [0.2, 0.25) is 10.0 Å². The van der Waals surface area contributed by atoms with E-state index in [4.69, 9.17) is 0 Å². The molecule has 0 saturated heterocycles. The predicted molar refractivity (Wildman–Crippen MR) is 117 cm³/mol. The molecule has 1 fully saturated rings. The lowest BCUT2D eigenvalue weighted by molar-refractivity contribution is -0.141. The van der Waals surface area contributed by atoms with Crippen LogP contribution in [0.4, 0.5) is 18.3 Å². The second-order valence-electron chi connectivity index (χ2n) is 8.16. The molecule has 11 heteroatoms. The average Bonchev–Trinajstić information content (AvgIpc) is 3.07. The van der Waals surface area contributed by atoms with Crippen LogP contribution in [-0.2, 0) is 16.2 Å². The summed E-state index contributed by atoms with van der Waals surface area (Å²) >= 11 is 1.47. The van der Waals surface area contributed by atoms with E-state index >= 15 is 0 Å². The minimum atomic E-state index is -4.46. The first kappa shape index (κ1) is 23.9. The van der Waals surface area contributed by atoms with Gasteiger partial charge in [0.1, 0.15) is 5.69 Å². The van der Waals surface area contributed by atoms with E-state index in [2.05, 4.69) is 20.0 Å². The molecule has 31 heavy (non-hydrogen) atoms. The quantitative estimate of drug-likeness (QED) is 0.598. The highest BCUT2D eigenvalue weighted by Crippen LogP contribution is 2.34. The number of hydrogen-bond donors (Lipinski definition) is 2. The van der Waals surface area contributed by atoms with Crippen molar-refractivity contribution in [1.29, 1.82) is 0 Å². The number of sulfonamides is 1. The summed E-state index contributed by atoms with van der Waals surface area (Å²) in [5.74, 6) is 0.318. The van der Waals surface area contributed by atoms with E-state index in [0.29, 0.717) is 23.7 Å². The van der Waals surface area contributed by atoms with Crippen molar-refractivity contribution in [2.75, 3.05) is 11.9 Å². The molecule has 0 spiro atoms. The number of nitrogens with one attached hydrogen (secondary N) is 2. The number of rotatable bonds is 7. The molecule has 3 rings (SSSR count). The van der Waals surface area contributed by atoms with Gasteiger partial charge in [0.25, 0.3) is 0 Å². The first-order valence-electron chi connectivity index (χ1n) is 10.2. The lowest BCUT2D eigenvalue weighted by atomic mass is 9.86. The Labute approximate surface area is 184 Å². The molecule has 0 unspecified atom stereocenters. The van der Waals surface area contributed by atoms with Gasteiger partial charge in [-0.1, -0.05) is 0 Å². The summed E-state index contributed by atoms with van der Waals surface area (Å²) in [6, 6.07) is 2.60. The molecule has 0 aliphatic heterocycles. The van der Waals surface area contributed by atoms with Gasteiger partial charge in [-0.05, 0) is 64.5 Å². The third-order valence-corrected chi connectivity index (χ3v) is 8.20. The molecule has 1 saturated carbocycles. The molecule has 2 heterocycles. The van der Waals surface area contributed by atoms with Crippen molar-refractivity contribution in [3.8, 4) is 11.3 Å². The van der Waals surface area contributed by atoms with Gasteiger partial charge < -0.3 is 5.32 Å². The van der Waals surface area contributed by atoms with Crippen molar-refractivity contribution < 1.29 is 21.6 Å². The maximum atomic E-state index is 12.7. The van der Waals surface area contributed by atoms with Crippen molar-refractivity contribution in [1.82, 2.24) is 14.7 Å². The third kappa shape index (κ3) is 6.17. The first-order valence-corrected chi connectivity index (χ1v) is 12.6. The number of thiazole rings is 1. The molecule has 0 amide bonds. The monoisotopic (exact) mass is 476 g/mol. The van der Waals surface area contributed by atoms with Crippen LogP contribution in [-0.4, -0.2) is 36.2 Å². The standard InChI is InChI=1S/C20H27F3N4O2S2/c1-12(2)31(28,29)25-10-14-4-7-16(8-5-14)26-19-27-18(13(3)30-19)15-6-9-17(24-11-15)20(21,22)23/h6,9,11-12,14,16,25H,4-5,7-8,10H2,1-3H3,(H,26,27). The van der Waals surface area contributed by atoms with Gasteiger partial charge in [-0.25, -0.2) is 18.1 Å². The van der Waals surface area contributed by atoms with Crippen LogP contribution in [0.3, 0.4) is 0 Å². The lowest BCUT2D eigenvalue weighted by Crippen LogP contribution is -2.37. The number of hydrogen-bond acceptors (Lipinski definition) is 6. The van der Waals surface area contributed by atoms with E-state index in [1.807, 2.05) is 6.92 Å². The normalized spacial score (nSPS) is 20.2. The third-order valence-electron chi connectivity index (χ3n) is 5.49. The van der Waals surface area contributed by atoms with Gasteiger partial charge in [-0.2, -0.15) is 13.2 Å². The number of nitrogens with zero attached hydrogens (tertiary/aromatic N) is 2. The molecular formula is C20H27F3N4O2S2. The lowest BCUT2D eigenvalue weighted by Gasteiger charge is -2.29. The Morgan fingerprint density at radius 1 is 1.19 bits per heavy atom. The maximum absolute atomic E-state index is 12.7. The van der Waals surface area contributed by atoms with Gasteiger partial charge in [-0.15, -0.1) is 11.3 Å². The highest BCUT2D eigenvalue weighted by molar-refractivity contribution is 7.90. The van der Waals surface area contributed by atoms with Gasteiger partial charge in [0.15, 0.2) is 5.13 Å². The number of halogens is 3. The fourth-order valence-corrected chi connectivity index (χ4v) is 5.23. The van der Waals surface area contributed by atoms with E-state index in [-0.39, 0.29) is 6.04 Å². The summed E-state index contributed by atoms with van der Waals surface area (Å²) < 4.78 is 64.7. The molecule has 2 aromatic rings. The highest BCUT2D eigenvalue weighted by atomic mass is 32.2. The number of anilines is 1. The van der Waals surface area contributed by atoms with E-state index in [0.717, 1.165) is 41.8 Å². The van der Waals surface area contributed by atoms with Crippen molar-refractivity contribution in [2.24, 2.45) is 5.92 Å². The zero-order chi connectivity index (χ0) is 22.8. The summed E-state index contributed by atoms with van der Waals surface area (Å²) in [6.45, 7) is 5.67. The van der Waals surface area contributed by atoms with Crippen LogP contribution in [0, 0.1) is 12.8 Å². The summed E-state index contributed by atoms with van der Waals surface area (Å²) in [7, 11) is -3.24. The van der Waals surface area contributed by atoms with Crippen molar-refractivity contribution in [3.05, 3.63) is 28.9 Å². The Hall–Kier alpha value is -1.72. The second kappa shape index (κ2) is 9.41. The van der Waals surface area contributed by atoms with Crippen LogP contribution in [0.15, 0.2) is 18.3 Å². The largest absolute Gasteiger partial charge is 0.433 e. The molecule has 0 atom stereocenters. The van der Waals surface area contributed by atoms with E-state index in [1.54, 1.807) is 13.8 Å². The van der Waals surface area contributed by atoms with E-state index in [1.165, 1.54) is 23.6 Å². The Morgan fingerprint density at radius 2 is 1.87 bits per heavy atom. The van der Waals surface area contributed by atoms with E-state index < -0.39 is 27.1 Å².